The smallest absolute Gasteiger partial charge is 0.101 e. The quantitative estimate of drug-likeness (QED) is 0.783. The van der Waals surface area contributed by atoms with E-state index in [1.165, 1.54) is 12.8 Å². The number of fused-ring (bicyclic) bond motifs is 1. The van der Waals surface area contributed by atoms with Crippen LogP contribution in [0.1, 0.15) is 18.4 Å². The summed E-state index contributed by atoms with van der Waals surface area (Å²) in [5, 5.41) is 12.7. The third kappa shape index (κ3) is 1.87. The van der Waals surface area contributed by atoms with Crippen LogP contribution in [0, 0.1) is 17.2 Å². The molecule has 88 valence electrons. The summed E-state index contributed by atoms with van der Waals surface area (Å²) >= 11 is 0. The molecule has 2 saturated heterocycles. The number of aromatic nitrogens is 1. The highest BCUT2D eigenvalue weighted by atomic mass is 15.2. The molecule has 1 aromatic heterocycles. The predicted molar refractivity (Wildman–Crippen MR) is 65.7 cm³/mol. The van der Waals surface area contributed by atoms with Crippen molar-refractivity contribution < 1.29 is 0 Å². The van der Waals surface area contributed by atoms with E-state index in [-0.39, 0.29) is 0 Å². The molecule has 3 heterocycles. The number of anilines is 1. The Labute approximate surface area is 101 Å². The maximum atomic E-state index is 9.12. The zero-order chi connectivity index (χ0) is 11.7. The topological polar surface area (TPSA) is 52.0 Å². The lowest BCUT2D eigenvalue weighted by Crippen LogP contribution is -2.40. The largest absolute Gasteiger partial charge is 0.367 e. The van der Waals surface area contributed by atoms with E-state index in [1.54, 1.807) is 12.3 Å². The van der Waals surface area contributed by atoms with Crippen molar-refractivity contribution >= 4 is 5.69 Å². The van der Waals surface area contributed by atoms with E-state index in [0.717, 1.165) is 36.8 Å². The van der Waals surface area contributed by atoms with Crippen LogP contribution in [-0.4, -0.2) is 30.7 Å². The number of rotatable bonds is 1. The van der Waals surface area contributed by atoms with Gasteiger partial charge in [0.25, 0.3) is 0 Å². The molecule has 0 radical (unpaired) electrons. The summed E-state index contributed by atoms with van der Waals surface area (Å²) < 4.78 is 0. The van der Waals surface area contributed by atoms with E-state index in [9.17, 15) is 0 Å². The van der Waals surface area contributed by atoms with Gasteiger partial charge in [-0.15, -0.1) is 0 Å². The van der Waals surface area contributed by atoms with E-state index in [0.29, 0.717) is 6.04 Å². The van der Waals surface area contributed by atoms with Crippen LogP contribution in [0.15, 0.2) is 18.5 Å². The lowest BCUT2D eigenvalue weighted by molar-refractivity contribution is 0.340. The monoisotopic (exact) mass is 228 g/mol. The summed E-state index contributed by atoms with van der Waals surface area (Å²) in [5.74, 6) is 0.732. The van der Waals surface area contributed by atoms with Crippen LogP contribution in [0.4, 0.5) is 5.69 Å². The molecule has 17 heavy (non-hydrogen) atoms. The van der Waals surface area contributed by atoms with E-state index < -0.39 is 0 Å². The summed E-state index contributed by atoms with van der Waals surface area (Å²) in [7, 11) is 0. The van der Waals surface area contributed by atoms with E-state index >= 15 is 0 Å². The number of nitrogens with one attached hydrogen (secondary N) is 1. The zero-order valence-electron chi connectivity index (χ0n) is 9.76. The minimum Gasteiger partial charge on any atom is -0.367 e. The Kier molecular flexibility index (Phi) is 2.69. The summed E-state index contributed by atoms with van der Waals surface area (Å²) in [6.45, 7) is 3.19. The molecule has 0 unspecified atom stereocenters. The number of nitrogens with zero attached hydrogens (tertiary/aromatic N) is 3. The van der Waals surface area contributed by atoms with Crippen LogP contribution in [0.3, 0.4) is 0 Å². The molecule has 4 heteroatoms. The maximum Gasteiger partial charge on any atom is 0.101 e. The standard InChI is InChI=1S/C13H16N4/c14-6-10-3-5-15-7-13(10)17-8-11-2-1-4-16-12(11)9-17/h3,5,7,11-12,16H,1-2,4,8-9H2/t11-,12+/m0/s1. The van der Waals surface area contributed by atoms with Crippen molar-refractivity contribution in [2.24, 2.45) is 5.92 Å². The van der Waals surface area contributed by atoms with Crippen molar-refractivity contribution in [2.75, 3.05) is 24.5 Å². The minimum atomic E-state index is 0.593. The van der Waals surface area contributed by atoms with E-state index in [2.05, 4.69) is 21.3 Å². The molecule has 0 aliphatic carbocycles. The Morgan fingerprint density at radius 1 is 1.47 bits per heavy atom. The fourth-order valence-electron chi connectivity index (χ4n) is 2.98. The first kappa shape index (κ1) is 10.5. The Hall–Kier alpha value is -1.60. The number of piperidine rings is 1. The first-order valence-corrected chi connectivity index (χ1v) is 6.21. The highest BCUT2D eigenvalue weighted by molar-refractivity contribution is 5.58. The lowest BCUT2D eigenvalue weighted by atomic mass is 9.94. The van der Waals surface area contributed by atoms with Gasteiger partial charge in [-0.25, -0.2) is 0 Å². The molecule has 1 N–H and O–H groups in total. The average Bonchev–Trinajstić information content (AvgIpc) is 2.82. The second kappa shape index (κ2) is 4.34. The number of pyridine rings is 1. The van der Waals surface area contributed by atoms with Gasteiger partial charge in [0, 0.05) is 25.3 Å². The molecule has 0 bridgehead atoms. The second-order valence-electron chi connectivity index (χ2n) is 4.87. The molecule has 0 amide bonds. The van der Waals surface area contributed by atoms with Crippen molar-refractivity contribution in [3.8, 4) is 6.07 Å². The van der Waals surface area contributed by atoms with Crippen LogP contribution in [0.5, 0.6) is 0 Å². The van der Waals surface area contributed by atoms with Gasteiger partial charge in [0.05, 0.1) is 17.4 Å². The summed E-state index contributed by atoms with van der Waals surface area (Å²) in [5.41, 5.74) is 1.73. The Balaban J connectivity index is 1.84. The molecule has 2 atom stereocenters. The SMILES string of the molecule is N#Cc1ccncc1N1C[C@@H]2CCCN[C@@H]2C1. The van der Waals surface area contributed by atoms with Crippen molar-refractivity contribution in [3.05, 3.63) is 24.0 Å². The van der Waals surface area contributed by atoms with Gasteiger partial charge in [0.2, 0.25) is 0 Å². The molecule has 2 aliphatic rings. The molecule has 0 aromatic carbocycles. The highest BCUT2D eigenvalue weighted by Crippen LogP contribution is 2.30. The molecular formula is C13H16N4. The minimum absolute atomic E-state index is 0.593. The second-order valence-corrected chi connectivity index (χ2v) is 4.87. The molecule has 0 spiro atoms. The average molecular weight is 228 g/mol. The lowest BCUT2D eigenvalue weighted by Gasteiger charge is -2.24. The third-order valence-corrected chi connectivity index (χ3v) is 3.86. The van der Waals surface area contributed by atoms with Gasteiger partial charge in [-0.2, -0.15) is 5.26 Å². The Bertz CT molecular complexity index is 437. The zero-order valence-corrected chi connectivity index (χ0v) is 9.76. The third-order valence-electron chi connectivity index (χ3n) is 3.86. The van der Waals surface area contributed by atoms with E-state index in [1.807, 2.05) is 6.20 Å². The highest BCUT2D eigenvalue weighted by Gasteiger charge is 2.34. The predicted octanol–water partition coefficient (Wildman–Crippen LogP) is 1.14. The van der Waals surface area contributed by atoms with Gasteiger partial charge in [0.1, 0.15) is 6.07 Å². The van der Waals surface area contributed by atoms with Crippen molar-refractivity contribution in [1.29, 1.82) is 5.26 Å². The molecular weight excluding hydrogens is 212 g/mol. The van der Waals surface area contributed by atoms with Gasteiger partial charge in [-0.3, -0.25) is 4.98 Å². The van der Waals surface area contributed by atoms with Gasteiger partial charge in [0.15, 0.2) is 0 Å². The van der Waals surface area contributed by atoms with Crippen LogP contribution in [-0.2, 0) is 0 Å². The first-order chi connectivity index (χ1) is 8.38. The molecule has 2 fully saturated rings. The van der Waals surface area contributed by atoms with Crippen LogP contribution in [0.25, 0.3) is 0 Å². The summed E-state index contributed by atoms with van der Waals surface area (Å²) in [6.07, 6.45) is 6.07. The fourth-order valence-corrected chi connectivity index (χ4v) is 2.98. The maximum absolute atomic E-state index is 9.12. The van der Waals surface area contributed by atoms with Crippen LogP contribution < -0.4 is 10.2 Å². The normalized spacial score (nSPS) is 27.6. The Morgan fingerprint density at radius 3 is 3.24 bits per heavy atom. The van der Waals surface area contributed by atoms with Gasteiger partial charge in [-0.1, -0.05) is 0 Å². The fraction of sp³-hybridized carbons (Fsp3) is 0.538. The molecule has 3 rings (SSSR count). The van der Waals surface area contributed by atoms with Gasteiger partial charge >= 0.3 is 0 Å². The Morgan fingerprint density at radius 2 is 2.41 bits per heavy atom. The van der Waals surface area contributed by atoms with Gasteiger partial charge in [-0.05, 0) is 31.4 Å². The molecule has 1 aromatic rings. The summed E-state index contributed by atoms with van der Waals surface area (Å²) in [6, 6.07) is 4.64. The number of nitriles is 1. The number of hydrogen-bond donors (Lipinski definition) is 1. The first-order valence-electron chi connectivity index (χ1n) is 6.21. The van der Waals surface area contributed by atoms with Crippen molar-refractivity contribution in [2.45, 2.75) is 18.9 Å². The van der Waals surface area contributed by atoms with Gasteiger partial charge < -0.3 is 10.2 Å². The van der Waals surface area contributed by atoms with Crippen LogP contribution >= 0.6 is 0 Å². The summed E-state index contributed by atoms with van der Waals surface area (Å²) in [4.78, 5) is 6.45. The number of hydrogen-bond acceptors (Lipinski definition) is 4. The molecule has 0 saturated carbocycles. The van der Waals surface area contributed by atoms with Crippen molar-refractivity contribution in [3.63, 3.8) is 0 Å². The molecule has 2 aliphatic heterocycles. The molecule has 4 nitrogen and oxygen atoms in total. The van der Waals surface area contributed by atoms with E-state index in [4.69, 9.17) is 5.26 Å². The van der Waals surface area contributed by atoms with Crippen LogP contribution in [0.2, 0.25) is 0 Å². The van der Waals surface area contributed by atoms with Crippen molar-refractivity contribution in [1.82, 2.24) is 10.3 Å².